The molecule has 3 nitrogen and oxygen atoms in total. The van der Waals surface area contributed by atoms with E-state index in [1.54, 1.807) is 6.92 Å². The first-order valence-electron chi connectivity index (χ1n) is 6.17. The minimum Gasteiger partial charge on any atom is -0.491 e. The van der Waals surface area contributed by atoms with Crippen molar-refractivity contribution in [3.05, 3.63) is 39.7 Å². The van der Waals surface area contributed by atoms with Crippen LogP contribution in [0, 0.1) is 18.6 Å². The first kappa shape index (κ1) is 13.0. The van der Waals surface area contributed by atoms with Gasteiger partial charge in [-0.3, -0.25) is 4.79 Å². The van der Waals surface area contributed by atoms with Crippen LogP contribution in [-0.2, 0) is 0 Å². The molecule has 3 rings (SSSR count). The maximum atomic E-state index is 13.8. The second-order valence-electron chi connectivity index (χ2n) is 4.97. The summed E-state index contributed by atoms with van der Waals surface area (Å²) in [5.74, 6) is -2.69. The lowest BCUT2D eigenvalue weighted by Crippen LogP contribution is -2.14. The summed E-state index contributed by atoms with van der Waals surface area (Å²) in [6, 6.07) is 0.379. The van der Waals surface area contributed by atoms with E-state index in [0.29, 0.717) is 12.0 Å². The average Bonchev–Trinajstić information content (AvgIpc) is 3.13. The molecule has 0 aliphatic heterocycles. The van der Waals surface area contributed by atoms with Crippen LogP contribution in [0.4, 0.5) is 13.2 Å². The van der Waals surface area contributed by atoms with Gasteiger partial charge in [0.15, 0.2) is 17.0 Å². The van der Waals surface area contributed by atoms with Crippen LogP contribution in [0.2, 0.25) is 0 Å². The molecule has 0 spiro atoms. The van der Waals surface area contributed by atoms with E-state index in [-0.39, 0.29) is 16.7 Å². The summed E-state index contributed by atoms with van der Waals surface area (Å²) in [6.45, 7) is 1.56. The van der Waals surface area contributed by atoms with Crippen molar-refractivity contribution in [1.29, 1.82) is 0 Å². The molecule has 1 heterocycles. The molecule has 20 heavy (non-hydrogen) atoms. The first-order chi connectivity index (χ1) is 9.45. The third-order valence-electron chi connectivity index (χ3n) is 3.59. The van der Waals surface area contributed by atoms with Gasteiger partial charge in [-0.2, -0.15) is 4.39 Å². The molecule has 0 saturated heterocycles. The fraction of sp³-hybridized carbons (Fsp3) is 0.357. The van der Waals surface area contributed by atoms with Crippen LogP contribution in [0.3, 0.4) is 0 Å². The van der Waals surface area contributed by atoms with Crippen LogP contribution >= 0.6 is 0 Å². The minimum atomic E-state index is -1.17. The number of nitrogens with zero attached hydrogens (tertiary/aromatic N) is 1. The van der Waals surface area contributed by atoms with E-state index in [2.05, 4.69) is 0 Å². The third kappa shape index (κ3) is 1.71. The lowest BCUT2D eigenvalue weighted by Gasteiger charge is -2.15. The van der Waals surface area contributed by atoms with Crippen molar-refractivity contribution < 1.29 is 17.9 Å². The first-order valence-corrected chi connectivity index (χ1v) is 6.17. The van der Waals surface area contributed by atoms with Crippen molar-refractivity contribution in [3.8, 4) is 5.75 Å². The Morgan fingerprint density at radius 2 is 2.05 bits per heavy atom. The summed E-state index contributed by atoms with van der Waals surface area (Å²) in [5.41, 5.74) is 0.0429. The molecule has 1 saturated carbocycles. The number of alkyl halides is 1. The Labute approximate surface area is 112 Å². The fourth-order valence-electron chi connectivity index (χ4n) is 2.45. The molecular weight excluding hydrogens is 271 g/mol. The quantitative estimate of drug-likeness (QED) is 0.848. The standard InChI is InChI=1S/C14H12F3NO2/c1-6-5-18(10-4-8(10)15)12-7(13(6)19)3-9(16)11(17)14(12)20-2/h3,5,8,10H,4H2,1-2H3. The van der Waals surface area contributed by atoms with Crippen LogP contribution < -0.4 is 10.2 Å². The fourth-order valence-corrected chi connectivity index (χ4v) is 2.45. The van der Waals surface area contributed by atoms with E-state index in [4.69, 9.17) is 4.74 Å². The van der Waals surface area contributed by atoms with E-state index in [0.717, 1.165) is 6.07 Å². The van der Waals surface area contributed by atoms with Gasteiger partial charge in [-0.25, -0.2) is 8.78 Å². The zero-order valence-corrected chi connectivity index (χ0v) is 10.9. The molecule has 1 aromatic carbocycles. The second kappa shape index (κ2) is 4.26. The number of hydrogen-bond donors (Lipinski definition) is 0. The van der Waals surface area contributed by atoms with Crippen LogP contribution in [0.1, 0.15) is 18.0 Å². The Bertz CT molecular complexity index is 769. The van der Waals surface area contributed by atoms with Crippen molar-refractivity contribution in [1.82, 2.24) is 4.57 Å². The number of halogens is 3. The van der Waals surface area contributed by atoms with Crippen LogP contribution in [0.25, 0.3) is 10.9 Å². The number of aryl methyl sites for hydroxylation is 1. The van der Waals surface area contributed by atoms with Gasteiger partial charge in [-0.05, 0) is 13.0 Å². The SMILES string of the molecule is COc1c(F)c(F)cc2c(=O)c(C)cn(C3CC3F)c12. The van der Waals surface area contributed by atoms with Crippen LogP contribution in [-0.4, -0.2) is 17.8 Å². The number of aromatic nitrogens is 1. The van der Waals surface area contributed by atoms with Gasteiger partial charge in [-0.15, -0.1) is 0 Å². The lowest BCUT2D eigenvalue weighted by molar-refractivity contribution is 0.373. The molecule has 2 aromatic rings. The maximum absolute atomic E-state index is 13.8. The van der Waals surface area contributed by atoms with Gasteiger partial charge >= 0.3 is 0 Å². The lowest BCUT2D eigenvalue weighted by atomic mass is 10.1. The summed E-state index contributed by atoms with van der Waals surface area (Å²) < 4.78 is 47.1. The molecule has 1 aliphatic carbocycles. The molecule has 0 amide bonds. The van der Waals surface area contributed by atoms with Crippen LogP contribution in [0.5, 0.6) is 5.75 Å². The number of methoxy groups -OCH3 is 1. The van der Waals surface area contributed by atoms with Crippen LogP contribution in [0.15, 0.2) is 17.1 Å². The number of fused-ring (bicyclic) bond motifs is 1. The van der Waals surface area contributed by atoms with Crippen molar-refractivity contribution in [3.63, 3.8) is 0 Å². The molecule has 0 bridgehead atoms. The maximum Gasteiger partial charge on any atom is 0.202 e. The van der Waals surface area contributed by atoms with Gasteiger partial charge in [0.1, 0.15) is 6.17 Å². The molecule has 1 aliphatic rings. The van der Waals surface area contributed by atoms with Gasteiger partial charge in [0, 0.05) is 18.2 Å². The highest BCUT2D eigenvalue weighted by atomic mass is 19.2. The molecule has 106 valence electrons. The Hall–Kier alpha value is -1.98. The second-order valence-corrected chi connectivity index (χ2v) is 4.97. The Morgan fingerprint density at radius 1 is 1.40 bits per heavy atom. The zero-order chi connectivity index (χ0) is 14.6. The molecule has 2 atom stereocenters. The molecule has 0 radical (unpaired) electrons. The van der Waals surface area contributed by atoms with E-state index in [1.807, 2.05) is 0 Å². The van der Waals surface area contributed by atoms with Crippen molar-refractivity contribution in [2.75, 3.05) is 7.11 Å². The smallest absolute Gasteiger partial charge is 0.202 e. The van der Waals surface area contributed by atoms with E-state index >= 15 is 0 Å². The van der Waals surface area contributed by atoms with Gasteiger partial charge in [0.05, 0.1) is 24.1 Å². The Kier molecular flexibility index (Phi) is 2.77. The van der Waals surface area contributed by atoms with Crippen molar-refractivity contribution >= 4 is 10.9 Å². The summed E-state index contributed by atoms with van der Waals surface area (Å²) in [4.78, 5) is 12.1. The summed E-state index contributed by atoms with van der Waals surface area (Å²) in [6.07, 6.45) is 0.715. The highest BCUT2D eigenvalue weighted by Crippen LogP contribution is 2.42. The summed E-state index contributed by atoms with van der Waals surface area (Å²) >= 11 is 0. The molecule has 2 unspecified atom stereocenters. The van der Waals surface area contributed by atoms with Gasteiger partial charge in [-0.1, -0.05) is 0 Å². The van der Waals surface area contributed by atoms with Gasteiger partial charge in [0.2, 0.25) is 5.82 Å². The number of pyridine rings is 1. The topological polar surface area (TPSA) is 31.2 Å². The predicted octanol–water partition coefficient (Wildman–Crippen LogP) is 2.88. The Balaban J connectivity index is 2.48. The van der Waals surface area contributed by atoms with Crippen molar-refractivity contribution in [2.45, 2.75) is 25.6 Å². The largest absolute Gasteiger partial charge is 0.491 e. The molecule has 0 N–H and O–H groups in total. The molecule has 1 aromatic heterocycles. The zero-order valence-electron chi connectivity index (χ0n) is 10.9. The number of rotatable bonds is 2. The third-order valence-corrected chi connectivity index (χ3v) is 3.59. The normalized spacial score (nSPS) is 21.2. The van der Waals surface area contributed by atoms with Gasteiger partial charge < -0.3 is 9.30 Å². The van der Waals surface area contributed by atoms with Gasteiger partial charge in [0.25, 0.3) is 0 Å². The number of benzene rings is 1. The summed E-state index contributed by atoms with van der Waals surface area (Å²) in [7, 11) is 1.19. The number of ether oxygens (including phenoxy) is 1. The average molecular weight is 283 g/mol. The molecule has 1 fully saturated rings. The predicted molar refractivity (Wildman–Crippen MR) is 68.0 cm³/mol. The van der Waals surface area contributed by atoms with E-state index < -0.39 is 29.3 Å². The molecule has 6 heteroatoms. The van der Waals surface area contributed by atoms with E-state index in [9.17, 15) is 18.0 Å². The highest BCUT2D eigenvalue weighted by Gasteiger charge is 2.40. The minimum absolute atomic E-state index is 0.000139. The van der Waals surface area contributed by atoms with Crippen molar-refractivity contribution in [2.24, 2.45) is 0 Å². The molecular formula is C14H12F3NO2. The highest BCUT2D eigenvalue weighted by molar-refractivity contribution is 5.86. The van der Waals surface area contributed by atoms with E-state index in [1.165, 1.54) is 17.9 Å². The monoisotopic (exact) mass is 283 g/mol. The Morgan fingerprint density at radius 3 is 2.60 bits per heavy atom. The number of hydrogen-bond acceptors (Lipinski definition) is 2. The summed E-state index contributed by atoms with van der Waals surface area (Å²) in [5, 5.41) is -0.000139.